The molecule has 0 aliphatic rings. The summed E-state index contributed by atoms with van der Waals surface area (Å²) in [6.07, 6.45) is -0.847. The molecule has 0 aromatic carbocycles. The van der Waals surface area contributed by atoms with Crippen LogP contribution < -0.4 is 11.5 Å². The zero-order chi connectivity index (χ0) is 12.2. The summed E-state index contributed by atoms with van der Waals surface area (Å²) in [6.45, 7) is 10.5. The minimum atomic E-state index is -0.444. The van der Waals surface area contributed by atoms with Gasteiger partial charge in [0.1, 0.15) is 0 Å². The zero-order valence-electron chi connectivity index (χ0n) is 10.5. The van der Waals surface area contributed by atoms with Gasteiger partial charge in [-0.2, -0.15) is 0 Å². The van der Waals surface area contributed by atoms with Gasteiger partial charge in [-0.3, -0.25) is 0 Å². The van der Waals surface area contributed by atoms with Crippen LogP contribution in [0.2, 0.25) is 0 Å². The number of hydrogen-bond acceptors (Lipinski definition) is 4. The molecule has 0 amide bonds. The van der Waals surface area contributed by atoms with E-state index in [0.717, 1.165) is 0 Å². The fraction of sp³-hybridized carbons (Fsp3) is 1.00. The van der Waals surface area contributed by atoms with Crippen molar-refractivity contribution in [2.45, 2.75) is 64.8 Å². The van der Waals surface area contributed by atoms with E-state index in [-0.39, 0.29) is 17.1 Å². The molecule has 5 heteroatoms. The van der Waals surface area contributed by atoms with Gasteiger partial charge in [-0.1, -0.05) is 0 Å². The molecule has 4 nitrogen and oxygen atoms in total. The predicted molar refractivity (Wildman–Crippen MR) is 59.9 cm³/mol. The monoisotopic (exact) mass is 269 g/mol. The van der Waals surface area contributed by atoms with Crippen LogP contribution in [-0.2, 0) is 17.1 Å². The molecule has 0 saturated carbocycles. The normalized spacial score (nSPS) is 15.6. The average molecular weight is 270 g/mol. The zero-order valence-corrected chi connectivity index (χ0v) is 11.4. The fourth-order valence-corrected chi connectivity index (χ4v) is 0. The van der Waals surface area contributed by atoms with Crippen LogP contribution in [0.3, 0.4) is 0 Å². The first-order chi connectivity index (χ1) is 5.89. The number of hydrogen-bond donors (Lipinski definition) is 4. The number of rotatable bonds is 2. The maximum Gasteiger partial charge on any atom is 0.0686 e. The number of aliphatic hydroxyl groups excluding tert-OH is 2. The Kier molecular flexibility index (Phi) is 10.5. The molecule has 99 valence electrons. The molecular formula is C10H26CuN2O2. The second-order valence-corrected chi connectivity index (χ2v) is 4.99. The van der Waals surface area contributed by atoms with Gasteiger partial charge in [-0.15, -0.1) is 0 Å². The minimum Gasteiger partial charge on any atom is -0.392 e. The van der Waals surface area contributed by atoms with Gasteiger partial charge in [0.05, 0.1) is 12.2 Å². The van der Waals surface area contributed by atoms with Gasteiger partial charge < -0.3 is 21.7 Å². The van der Waals surface area contributed by atoms with Crippen LogP contribution in [-0.4, -0.2) is 33.5 Å². The van der Waals surface area contributed by atoms with E-state index >= 15 is 0 Å². The van der Waals surface area contributed by atoms with Gasteiger partial charge in [0.15, 0.2) is 0 Å². The summed E-state index contributed by atoms with van der Waals surface area (Å²) in [5, 5.41) is 17.5. The van der Waals surface area contributed by atoms with E-state index in [9.17, 15) is 0 Å². The molecule has 0 spiro atoms. The van der Waals surface area contributed by atoms with Crippen LogP contribution in [0.1, 0.15) is 41.5 Å². The molecule has 1 radical (unpaired) electrons. The summed E-state index contributed by atoms with van der Waals surface area (Å²) >= 11 is 0. The van der Waals surface area contributed by atoms with Crippen molar-refractivity contribution >= 4 is 0 Å². The molecule has 0 rings (SSSR count). The van der Waals surface area contributed by atoms with Crippen LogP contribution in [0.25, 0.3) is 0 Å². The van der Waals surface area contributed by atoms with Crippen LogP contribution in [0.4, 0.5) is 0 Å². The molecule has 0 saturated heterocycles. The third kappa shape index (κ3) is 14.4. The molecule has 0 aromatic heterocycles. The Morgan fingerprint density at radius 3 is 0.867 bits per heavy atom. The van der Waals surface area contributed by atoms with Crippen molar-refractivity contribution in [2.24, 2.45) is 11.5 Å². The van der Waals surface area contributed by atoms with Gasteiger partial charge in [0.2, 0.25) is 0 Å². The van der Waals surface area contributed by atoms with E-state index in [4.69, 9.17) is 21.7 Å². The maximum absolute atomic E-state index is 8.76. The van der Waals surface area contributed by atoms with Crippen molar-refractivity contribution < 1.29 is 27.3 Å². The van der Waals surface area contributed by atoms with Crippen molar-refractivity contribution in [1.82, 2.24) is 0 Å². The molecule has 2 atom stereocenters. The average Bonchev–Trinajstić information content (AvgIpc) is 1.83. The van der Waals surface area contributed by atoms with Crippen LogP contribution >= 0.6 is 0 Å². The first-order valence-corrected chi connectivity index (χ1v) is 4.83. The summed E-state index contributed by atoms with van der Waals surface area (Å²) in [6, 6.07) is 0. The maximum atomic E-state index is 8.76. The number of nitrogens with two attached hydrogens (primary N) is 2. The Labute approximate surface area is 104 Å². The summed E-state index contributed by atoms with van der Waals surface area (Å²) in [5.41, 5.74) is 9.97. The quantitative estimate of drug-likeness (QED) is 0.539. The van der Waals surface area contributed by atoms with Crippen molar-refractivity contribution in [3.8, 4) is 0 Å². The third-order valence-electron chi connectivity index (χ3n) is 2.15. The van der Waals surface area contributed by atoms with Gasteiger partial charge in [-0.25, -0.2) is 0 Å². The molecule has 2 unspecified atom stereocenters. The van der Waals surface area contributed by atoms with Gasteiger partial charge in [0, 0.05) is 28.1 Å². The molecule has 0 heterocycles. The van der Waals surface area contributed by atoms with Crippen molar-refractivity contribution in [2.75, 3.05) is 0 Å². The molecule has 0 aromatic rings. The molecular weight excluding hydrogens is 244 g/mol. The predicted octanol–water partition coefficient (Wildman–Crippen LogP) is 0.207. The standard InChI is InChI=1S/2C5H13NO.Cu/c2*1-4(7)5(2,3)6;/h2*4,7H,6H2,1-3H3;. The SMILES string of the molecule is CC(O)C(C)(C)N.CC(O)C(C)(C)N.[Cu]. The van der Waals surface area contributed by atoms with Crippen LogP contribution in [0.15, 0.2) is 0 Å². The van der Waals surface area contributed by atoms with E-state index in [1.807, 2.05) is 0 Å². The summed E-state index contributed by atoms with van der Waals surface area (Å²) in [4.78, 5) is 0. The first-order valence-electron chi connectivity index (χ1n) is 4.83. The Bertz CT molecular complexity index is 130. The fourth-order valence-electron chi connectivity index (χ4n) is 0. The number of aliphatic hydroxyl groups is 2. The topological polar surface area (TPSA) is 92.5 Å². The van der Waals surface area contributed by atoms with E-state index in [0.29, 0.717) is 0 Å². The summed E-state index contributed by atoms with van der Waals surface area (Å²) in [5.74, 6) is 0. The van der Waals surface area contributed by atoms with Gasteiger partial charge in [0.25, 0.3) is 0 Å². The van der Waals surface area contributed by atoms with E-state index in [2.05, 4.69) is 0 Å². The second-order valence-electron chi connectivity index (χ2n) is 4.99. The van der Waals surface area contributed by atoms with Crippen molar-refractivity contribution in [3.05, 3.63) is 0 Å². The van der Waals surface area contributed by atoms with Crippen LogP contribution in [0.5, 0.6) is 0 Å². The minimum absolute atomic E-state index is 0. The molecule has 6 N–H and O–H groups in total. The Balaban J connectivity index is -0.000000180. The largest absolute Gasteiger partial charge is 0.392 e. The molecule has 0 aliphatic carbocycles. The second kappa shape index (κ2) is 7.60. The Morgan fingerprint density at radius 2 is 0.867 bits per heavy atom. The Morgan fingerprint density at radius 1 is 0.800 bits per heavy atom. The smallest absolute Gasteiger partial charge is 0.0686 e. The first kappa shape index (κ1) is 20.7. The van der Waals surface area contributed by atoms with Gasteiger partial charge in [-0.05, 0) is 41.5 Å². The van der Waals surface area contributed by atoms with E-state index in [1.165, 1.54) is 0 Å². The Hall–Kier alpha value is 0.359. The van der Waals surface area contributed by atoms with Crippen molar-refractivity contribution in [3.63, 3.8) is 0 Å². The summed E-state index contributed by atoms with van der Waals surface area (Å²) in [7, 11) is 0. The molecule has 0 fully saturated rings. The van der Waals surface area contributed by atoms with E-state index < -0.39 is 23.3 Å². The van der Waals surface area contributed by atoms with Crippen LogP contribution in [0, 0.1) is 0 Å². The van der Waals surface area contributed by atoms with Gasteiger partial charge >= 0.3 is 0 Å². The molecule has 0 bridgehead atoms. The summed E-state index contributed by atoms with van der Waals surface area (Å²) < 4.78 is 0. The third-order valence-corrected chi connectivity index (χ3v) is 2.15. The molecule has 15 heavy (non-hydrogen) atoms. The van der Waals surface area contributed by atoms with E-state index in [1.54, 1.807) is 41.5 Å². The van der Waals surface area contributed by atoms with Crippen molar-refractivity contribution in [1.29, 1.82) is 0 Å². The molecule has 0 aliphatic heterocycles.